The van der Waals surface area contributed by atoms with Gasteiger partial charge in [0.05, 0.1) is 17.5 Å². The second-order valence-corrected chi connectivity index (χ2v) is 12.1. The van der Waals surface area contributed by atoms with E-state index in [2.05, 4.69) is 26.9 Å². The van der Waals surface area contributed by atoms with Gasteiger partial charge in [-0.25, -0.2) is 17.7 Å². The molecule has 1 atom stereocenters. The van der Waals surface area contributed by atoms with E-state index in [0.29, 0.717) is 26.2 Å². The second kappa shape index (κ2) is 13.3. The van der Waals surface area contributed by atoms with E-state index >= 15 is 0 Å². The maximum Gasteiger partial charge on any atom is 0.435 e. The van der Waals surface area contributed by atoms with Gasteiger partial charge in [-0.05, 0) is 42.0 Å². The van der Waals surface area contributed by atoms with Crippen molar-refractivity contribution < 1.29 is 35.9 Å². The standard InChI is InChI=1S/C30H32F3N5O5S/c1-42-29(39)27(37-17-15-36(16-18-37)20-22-7-3-2-4-8-22)19-34-44(40,41)24-12-10-23(11-13-24)43-21-25-26-9-5-6-14-38(26)35-28(25)30(31,32)33/h2-14,27,34H,15-21H2,1H3. The summed E-state index contributed by atoms with van der Waals surface area (Å²) in [6, 6.07) is 19.2. The maximum atomic E-state index is 13.6. The molecule has 0 bridgehead atoms. The van der Waals surface area contributed by atoms with Crippen LogP contribution in [0.15, 0.2) is 83.9 Å². The summed E-state index contributed by atoms with van der Waals surface area (Å²) in [5.41, 5.74) is 0.258. The Bertz CT molecular complexity index is 1670. The third-order valence-corrected chi connectivity index (χ3v) is 8.90. The van der Waals surface area contributed by atoms with Crippen molar-refractivity contribution in [1.29, 1.82) is 0 Å². The molecule has 234 valence electrons. The van der Waals surface area contributed by atoms with Crippen LogP contribution in [0.5, 0.6) is 5.75 Å². The molecule has 0 radical (unpaired) electrons. The van der Waals surface area contributed by atoms with E-state index in [-0.39, 0.29) is 28.3 Å². The number of halogens is 3. The molecule has 14 heteroatoms. The van der Waals surface area contributed by atoms with Gasteiger partial charge in [0.15, 0.2) is 5.69 Å². The van der Waals surface area contributed by atoms with Crippen LogP contribution in [0.1, 0.15) is 16.8 Å². The van der Waals surface area contributed by atoms with E-state index in [1.165, 1.54) is 49.2 Å². The Labute approximate surface area is 253 Å². The zero-order valence-corrected chi connectivity index (χ0v) is 24.7. The van der Waals surface area contributed by atoms with Crippen LogP contribution >= 0.6 is 0 Å². The normalized spacial score (nSPS) is 15.7. The minimum Gasteiger partial charge on any atom is -0.489 e. The van der Waals surface area contributed by atoms with Crippen LogP contribution in [0.25, 0.3) is 5.52 Å². The average molecular weight is 632 g/mol. The van der Waals surface area contributed by atoms with Gasteiger partial charge in [-0.2, -0.15) is 18.3 Å². The predicted octanol–water partition coefficient (Wildman–Crippen LogP) is 3.57. The third-order valence-electron chi connectivity index (χ3n) is 7.46. The van der Waals surface area contributed by atoms with Crippen molar-refractivity contribution in [3.05, 3.63) is 95.8 Å². The molecule has 0 amide bonds. The van der Waals surface area contributed by atoms with Gasteiger partial charge in [0.25, 0.3) is 0 Å². The van der Waals surface area contributed by atoms with Crippen LogP contribution in [0.3, 0.4) is 0 Å². The topological polar surface area (TPSA) is 105 Å². The highest BCUT2D eigenvalue weighted by molar-refractivity contribution is 7.89. The van der Waals surface area contributed by atoms with Gasteiger partial charge in [-0.1, -0.05) is 36.4 Å². The Morgan fingerprint density at radius 1 is 0.977 bits per heavy atom. The Kier molecular flexibility index (Phi) is 9.53. The minimum absolute atomic E-state index is 0.0897. The number of aromatic nitrogens is 2. The first-order valence-corrected chi connectivity index (χ1v) is 15.4. The quantitative estimate of drug-likeness (QED) is 0.251. The first kappa shape index (κ1) is 31.4. The van der Waals surface area contributed by atoms with E-state index < -0.39 is 40.5 Å². The van der Waals surface area contributed by atoms with E-state index in [4.69, 9.17) is 9.47 Å². The molecule has 1 fully saturated rings. The molecule has 44 heavy (non-hydrogen) atoms. The molecule has 3 heterocycles. The number of fused-ring (bicyclic) bond motifs is 1. The number of piperazine rings is 1. The zero-order chi connectivity index (χ0) is 31.3. The Morgan fingerprint density at radius 3 is 2.32 bits per heavy atom. The average Bonchev–Trinajstić information content (AvgIpc) is 3.41. The molecular formula is C30H32F3N5O5S. The molecule has 1 unspecified atom stereocenters. The fourth-order valence-corrected chi connectivity index (χ4v) is 6.17. The number of alkyl halides is 3. The first-order valence-electron chi connectivity index (χ1n) is 13.9. The third kappa shape index (κ3) is 7.38. The smallest absolute Gasteiger partial charge is 0.435 e. The zero-order valence-electron chi connectivity index (χ0n) is 23.9. The van der Waals surface area contributed by atoms with Crippen LogP contribution < -0.4 is 9.46 Å². The predicted molar refractivity (Wildman–Crippen MR) is 155 cm³/mol. The van der Waals surface area contributed by atoms with Crippen molar-refractivity contribution in [2.24, 2.45) is 0 Å². The van der Waals surface area contributed by atoms with Crippen molar-refractivity contribution in [3.8, 4) is 5.75 Å². The molecule has 2 aromatic carbocycles. The fraction of sp³-hybridized carbons (Fsp3) is 0.333. The molecular weight excluding hydrogens is 599 g/mol. The van der Waals surface area contributed by atoms with Crippen LogP contribution in [0, 0.1) is 0 Å². The number of ether oxygens (including phenoxy) is 2. The van der Waals surface area contributed by atoms with Crippen LogP contribution in [-0.4, -0.2) is 79.7 Å². The number of nitrogens with one attached hydrogen (secondary N) is 1. The lowest BCUT2D eigenvalue weighted by molar-refractivity contribution is -0.147. The summed E-state index contributed by atoms with van der Waals surface area (Å²) >= 11 is 0. The number of methoxy groups -OCH3 is 1. The number of nitrogens with zero attached hydrogens (tertiary/aromatic N) is 4. The number of carbonyl (C=O) groups excluding carboxylic acids is 1. The molecule has 0 spiro atoms. The van der Waals surface area contributed by atoms with Gasteiger partial charge in [0.1, 0.15) is 18.4 Å². The SMILES string of the molecule is COC(=O)C(CNS(=O)(=O)c1ccc(OCc2c(C(F)(F)F)nn3ccccc23)cc1)N1CCN(Cc2ccccc2)CC1. The first-order chi connectivity index (χ1) is 21.0. The maximum absolute atomic E-state index is 13.6. The van der Waals surface area contributed by atoms with Crippen molar-refractivity contribution in [1.82, 2.24) is 24.1 Å². The molecule has 1 aliphatic heterocycles. The monoisotopic (exact) mass is 631 g/mol. The molecule has 10 nitrogen and oxygen atoms in total. The van der Waals surface area contributed by atoms with Crippen LogP contribution in [0.2, 0.25) is 0 Å². The molecule has 1 N–H and O–H groups in total. The highest BCUT2D eigenvalue weighted by Crippen LogP contribution is 2.33. The number of esters is 1. The number of pyridine rings is 1. The minimum atomic E-state index is -4.67. The summed E-state index contributed by atoms with van der Waals surface area (Å²) in [5.74, 6) is -0.368. The lowest BCUT2D eigenvalue weighted by Gasteiger charge is -2.38. The lowest BCUT2D eigenvalue weighted by atomic mass is 10.1. The van der Waals surface area contributed by atoms with Crippen LogP contribution in [0.4, 0.5) is 13.2 Å². The van der Waals surface area contributed by atoms with E-state index in [1.807, 2.05) is 23.1 Å². The van der Waals surface area contributed by atoms with Gasteiger partial charge in [0.2, 0.25) is 10.0 Å². The highest BCUT2D eigenvalue weighted by Gasteiger charge is 2.38. The summed E-state index contributed by atoms with van der Waals surface area (Å²) in [7, 11) is -2.77. The summed E-state index contributed by atoms with van der Waals surface area (Å²) < 4.78 is 81.1. The van der Waals surface area contributed by atoms with Gasteiger partial charge >= 0.3 is 12.1 Å². The molecule has 0 aliphatic carbocycles. The largest absolute Gasteiger partial charge is 0.489 e. The van der Waals surface area contributed by atoms with Crippen molar-refractivity contribution in [2.45, 2.75) is 30.3 Å². The lowest BCUT2D eigenvalue weighted by Crippen LogP contribution is -2.56. The number of sulfonamides is 1. The highest BCUT2D eigenvalue weighted by atomic mass is 32.2. The van der Waals surface area contributed by atoms with Crippen molar-refractivity contribution >= 4 is 21.5 Å². The summed E-state index contributed by atoms with van der Waals surface area (Å²) in [6.07, 6.45) is -3.26. The van der Waals surface area contributed by atoms with Crippen molar-refractivity contribution in [2.75, 3.05) is 39.8 Å². The Hall–Kier alpha value is -3.98. The molecule has 1 saturated heterocycles. The number of hydrogen-bond donors (Lipinski definition) is 1. The molecule has 2 aromatic heterocycles. The van der Waals surface area contributed by atoms with Gasteiger partial charge < -0.3 is 9.47 Å². The Morgan fingerprint density at radius 2 is 1.66 bits per heavy atom. The number of carbonyl (C=O) groups is 1. The summed E-state index contributed by atoms with van der Waals surface area (Å²) in [5, 5.41) is 3.64. The summed E-state index contributed by atoms with van der Waals surface area (Å²) in [4.78, 5) is 16.7. The second-order valence-electron chi connectivity index (χ2n) is 10.3. The van der Waals surface area contributed by atoms with E-state index in [9.17, 15) is 26.4 Å². The van der Waals surface area contributed by atoms with Gasteiger partial charge in [-0.15, -0.1) is 0 Å². The number of rotatable bonds is 11. The molecule has 1 aliphatic rings. The molecule has 5 rings (SSSR count). The number of hydrogen-bond acceptors (Lipinski definition) is 8. The number of benzene rings is 2. The fourth-order valence-electron chi connectivity index (χ4n) is 5.13. The van der Waals surface area contributed by atoms with E-state index in [1.54, 1.807) is 12.1 Å². The summed E-state index contributed by atoms with van der Waals surface area (Å²) in [6.45, 7) is 2.69. The van der Waals surface area contributed by atoms with Gasteiger partial charge in [0, 0.05) is 51.0 Å². The van der Waals surface area contributed by atoms with Crippen LogP contribution in [-0.2, 0) is 38.9 Å². The van der Waals surface area contributed by atoms with Gasteiger partial charge in [-0.3, -0.25) is 14.6 Å². The van der Waals surface area contributed by atoms with E-state index in [0.717, 1.165) is 11.1 Å². The van der Waals surface area contributed by atoms with Crippen molar-refractivity contribution in [3.63, 3.8) is 0 Å². The molecule has 0 saturated carbocycles. The molecule has 4 aromatic rings. The Balaban J connectivity index is 1.19.